The second-order valence-corrected chi connectivity index (χ2v) is 9.52. The molecule has 3 aromatic carbocycles. The van der Waals surface area contributed by atoms with E-state index < -0.39 is 61.1 Å². The minimum Gasteiger partial charge on any atom is -0.387 e. The minimum absolute atomic E-state index is 0.0404. The van der Waals surface area contributed by atoms with Gasteiger partial charge in [-0.25, -0.2) is 13.2 Å². The van der Waals surface area contributed by atoms with Gasteiger partial charge < -0.3 is 10.2 Å². The molecule has 1 amide bonds. The predicted molar refractivity (Wildman–Crippen MR) is 128 cm³/mol. The number of oxime groups is 1. The zero-order valence-electron chi connectivity index (χ0n) is 20.0. The standard InChI is InChI=1S/C25H17ClF6N2O2.CHF3/c26-12-7-18(22(27)19(8-12)25(30,31)32)21-9-20(34-36-21)16-5-6-17(15-4-2-1-3-14(15)16)23(35)33-13-10-24(28,29)11-13;2-1(3)4/h1-8,13,21H,9-11H2,(H,33,35);1H. The van der Waals surface area contributed by atoms with Gasteiger partial charge in [-0.2, -0.15) is 26.3 Å². The molecule has 214 valence electrons. The Morgan fingerprint density at radius 2 is 1.68 bits per heavy atom. The molecule has 2 aliphatic rings. The topological polar surface area (TPSA) is 50.7 Å². The Hall–Kier alpha value is -3.48. The summed E-state index contributed by atoms with van der Waals surface area (Å²) >= 11 is 5.81. The Bertz CT molecular complexity index is 1450. The molecule has 40 heavy (non-hydrogen) atoms. The molecular weight excluding hydrogens is 579 g/mol. The number of carbonyl (C=O) groups is 1. The Balaban J connectivity index is 0.000000867. The van der Waals surface area contributed by atoms with Crippen LogP contribution in [-0.4, -0.2) is 30.3 Å². The van der Waals surface area contributed by atoms with Crippen LogP contribution in [0.4, 0.5) is 39.5 Å². The summed E-state index contributed by atoms with van der Waals surface area (Å²) in [6.45, 7) is -3.67. The van der Waals surface area contributed by atoms with Crippen LogP contribution < -0.4 is 5.32 Å². The van der Waals surface area contributed by atoms with Gasteiger partial charge in [-0.1, -0.05) is 47.1 Å². The van der Waals surface area contributed by atoms with Crippen molar-refractivity contribution in [1.29, 1.82) is 0 Å². The van der Waals surface area contributed by atoms with Crippen molar-refractivity contribution in [3.05, 3.63) is 81.6 Å². The number of alkyl halides is 8. The van der Waals surface area contributed by atoms with Crippen molar-refractivity contribution in [2.75, 3.05) is 0 Å². The summed E-state index contributed by atoms with van der Waals surface area (Å²) in [5.41, 5.74) is -0.706. The third-order valence-corrected chi connectivity index (χ3v) is 6.51. The number of fused-ring (bicyclic) bond motifs is 1. The summed E-state index contributed by atoms with van der Waals surface area (Å²) < 4.78 is 110. The lowest BCUT2D eigenvalue weighted by Gasteiger charge is -2.35. The van der Waals surface area contributed by atoms with E-state index in [1.807, 2.05) is 0 Å². The van der Waals surface area contributed by atoms with E-state index in [0.717, 1.165) is 6.07 Å². The fourth-order valence-electron chi connectivity index (χ4n) is 4.53. The van der Waals surface area contributed by atoms with E-state index in [9.17, 15) is 44.3 Å². The van der Waals surface area contributed by atoms with Gasteiger partial charge in [-0.15, -0.1) is 0 Å². The summed E-state index contributed by atoms with van der Waals surface area (Å²) in [6.07, 6.45) is -6.95. The second kappa shape index (κ2) is 11.2. The number of halogens is 10. The van der Waals surface area contributed by atoms with Crippen LogP contribution in [0, 0.1) is 5.82 Å². The molecule has 3 aromatic rings. The number of hydrogen-bond acceptors (Lipinski definition) is 3. The van der Waals surface area contributed by atoms with E-state index in [1.165, 1.54) is 6.07 Å². The first kappa shape index (κ1) is 29.5. The third kappa shape index (κ3) is 6.45. The predicted octanol–water partition coefficient (Wildman–Crippen LogP) is 8.22. The zero-order valence-corrected chi connectivity index (χ0v) is 20.8. The first-order valence-electron chi connectivity index (χ1n) is 11.6. The van der Waals surface area contributed by atoms with Crippen molar-refractivity contribution in [3.8, 4) is 0 Å². The Morgan fingerprint density at radius 1 is 1.05 bits per heavy atom. The van der Waals surface area contributed by atoms with Gasteiger partial charge >= 0.3 is 12.9 Å². The van der Waals surface area contributed by atoms with Gasteiger partial charge in [0.05, 0.1) is 11.3 Å². The van der Waals surface area contributed by atoms with Gasteiger partial charge in [-0.05, 0) is 29.0 Å². The van der Waals surface area contributed by atoms with Gasteiger partial charge in [0.15, 0.2) is 6.10 Å². The van der Waals surface area contributed by atoms with Crippen LogP contribution in [0.1, 0.15) is 52.4 Å². The van der Waals surface area contributed by atoms with Crippen molar-refractivity contribution in [3.63, 3.8) is 0 Å². The van der Waals surface area contributed by atoms with Crippen LogP contribution in [0.2, 0.25) is 5.02 Å². The Kier molecular flexibility index (Phi) is 8.25. The zero-order chi connectivity index (χ0) is 29.4. The molecule has 0 bridgehead atoms. The van der Waals surface area contributed by atoms with Crippen LogP contribution in [0.25, 0.3) is 10.8 Å². The number of rotatable bonds is 4. The normalized spacial score (nSPS) is 18.5. The van der Waals surface area contributed by atoms with E-state index in [2.05, 4.69) is 10.5 Å². The van der Waals surface area contributed by atoms with E-state index >= 15 is 0 Å². The average Bonchev–Trinajstić information content (AvgIpc) is 3.32. The largest absolute Gasteiger partial charge is 0.419 e. The molecule has 4 nitrogen and oxygen atoms in total. The maximum Gasteiger partial charge on any atom is 0.419 e. The average molecular weight is 597 g/mol. The first-order chi connectivity index (χ1) is 18.7. The Morgan fingerprint density at radius 3 is 2.27 bits per heavy atom. The lowest BCUT2D eigenvalue weighted by molar-refractivity contribution is -0.140. The molecule has 0 spiro atoms. The van der Waals surface area contributed by atoms with Crippen LogP contribution in [0.15, 0.2) is 53.7 Å². The molecule has 0 saturated heterocycles. The quantitative estimate of drug-likeness (QED) is 0.309. The first-order valence-corrected chi connectivity index (χ1v) is 12.0. The van der Waals surface area contributed by atoms with Crippen molar-refractivity contribution in [2.45, 2.75) is 50.2 Å². The smallest absolute Gasteiger partial charge is 0.387 e. The number of benzene rings is 3. The van der Waals surface area contributed by atoms with Crippen molar-refractivity contribution < 1.29 is 49.1 Å². The Labute approximate surface area is 225 Å². The molecule has 5 rings (SSSR count). The highest BCUT2D eigenvalue weighted by Crippen LogP contribution is 2.41. The lowest BCUT2D eigenvalue weighted by atomic mass is 9.87. The van der Waals surface area contributed by atoms with Gasteiger partial charge in [0, 0.05) is 47.0 Å². The van der Waals surface area contributed by atoms with E-state index in [-0.39, 0.29) is 22.6 Å². The molecule has 1 saturated carbocycles. The number of nitrogens with zero attached hydrogens (tertiary/aromatic N) is 1. The van der Waals surface area contributed by atoms with Gasteiger partial charge in [0.2, 0.25) is 0 Å². The highest BCUT2D eigenvalue weighted by atomic mass is 35.5. The number of nitrogens with one attached hydrogen (secondary N) is 1. The fraction of sp³-hybridized carbons (Fsp3) is 0.308. The monoisotopic (exact) mass is 596 g/mol. The molecule has 1 heterocycles. The molecule has 1 atom stereocenters. The molecule has 0 aromatic heterocycles. The molecule has 1 N–H and O–H groups in total. The summed E-state index contributed by atoms with van der Waals surface area (Å²) in [5, 5.41) is 7.41. The SMILES string of the molecule is FC(F)F.O=C(NC1CC(F)(F)C1)c1ccc(C2=NOC(c3cc(Cl)cc(C(F)(F)F)c3F)C2)c2ccccc12. The summed E-state index contributed by atoms with van der Waals surface area (Å²) in [5.74, 6) is -4.75. The second-order valence-electron chi connectivity index (χ2n) is 9.08. The molecule has 14 heteroatoms. The van der Waals surface area contributed by atoms with E-state index in [0.29, 0.717) is 28.1 Å². The molecular formula is C26H18ClF9N2O2. The maximum absolute atomic E-state index is 14.7. The fourth-order valence-corrected chi connectivity index (χ4v) is 4.76. The van der Waals surface area contributed by atoms with Crippen molar-refractivity contribution >= 4 is 34.0 Å². The molecule has 0 radical (unpaired) electrons. The van der Waals surface area contributed by atoms with Crippen LogP contribution >= 0.6 is 11.6 Å². The van der Waals surface area contributed by atoms with Crippen molar-refractivity contribution in [2.24, 2.45) is 5.16 Å². The highest BCUT2D eigenvalue weighted by molar-refractivity contribution is 6.30. The molecule has 1 fully saturated rings. The van der Waals surface area contributed by atoms with Gasteiger partial charge in [0.1, 0.15) is 5.82 Å². The minimum atomic E-state index is -4.94. The number of carbonyl (C=O) groups excluding carboxylic acids is 1. The number of hydrogen-bond donors (Lipinski definition) is 1. The molecule has 1 unspecified atom stereocenters. The summed E-state index contributed by atoms with van der Waals surface area (Å²) in [6, 6.07) is 10.9. The molecule has 1 aliphatic heterocycles. The number of amides is 1. The molecule has 1 aliphatic carbocycles. The highest BCUT2D eigenvalue weighted by Gasteiger charge is 2.46. The maximum atomic E-state index is 14.7. The van der Waals surface area contributed by atoms with E-state index in [4.69, 9.17) is 16.4 Å². The van der Waals surface area contributed by atoms with Crippen LogP contribution in [0.5, 0.6) is 0 Å². The van der Waals surface area contributed by atoms with E-state index in [1.54, 1.807) is 30.3 Å². The third-order valence-electron chi connectivity index (χ3n) is 6.29. The van der Waals surface area contributed by atoms with Gasteiger partial charge in [0.25, 0.3) is 11.8 Å². The van der Waals surface area contributed by atoms with Crippen molar-refractivity contribution in [1.82, 2.24) is 5.32 Å². The summed E-state index contributed by atoms with van der Waals surface area (Å²) in [4.78, 5) is 18.1. The van der Waals surface area contributed by atoms with Gasteiger partial charge in [-0.3, -0.25) is 4.79 Å². The van der Waals surface area contributed by atoms with Crippen LogP contribution in [-0.2, 0) is 11.0 Å². The lowest BCUT2D eigenvalue weighted by Crippen LogP contribution is -2.50. The van der Waals surface area contributed by atoms with Crippen LogP contribution in [0.3, 0.4) is 0 Å². The summed E-state index contributed by atoms with van der Waals surface area (Å²) in [7, 11) is 0.